The molecule has 164 valence electrons. The second-order valence-electron chi connectivity index (χ2n) is 7.31. The van der Waals surface area contributed by atoms with E-state index >= 15 is 0 Å². The molecule has 1 aliphatic heterocycles. The number of rotatable bonds is 7. The second-order valence-corrected chi connectivity index (χ2v) is 8.13. The number of β-amino-alcohol motifs (C(OH)–C–C–N with tert-alkyl or cyclic N) is 1. The number of halogens is 5. The lowest BCUT2D eigenvalue weighted by Crippen LogP contribution is -2.48. The molecule has 2 aromatic carbocycles. The molecule has 1 aliphatic rings. The molecule has 0 aromatic heterocycles. The molecule has 1 N–H and O–H groups in total. The van der Waals surface area contributed by atoms with Gasteiger partial charge in [-0.1, -0.05) is 29.3 Å². The number of piperazine rings is 1. The van der Waals surface area contributed by atoms with Gasteiger partial charge < -0.3 is 9.84 Å². The van der Waals surface area contributed by atoms with E-state index in [0.29, 0.717) is 22.3 Å². The molecule has 1 atom stereocenters. The van der Waals surface area contributed by atoms with Crippen LogP contribution in [0.25, 0.3) is 0 Å². The molecule has 0 amide bonds. The number of aliphatic hydroxyl groups is 1. The number of ether oxygens (including phenoxy) is 1. The fraction of sp³-hybridized carbons (Fsp3) is 0.429. The summed E-state index contributed by atoms with van der Waals surface area (Å²) in [5, 5.41) is 11.3. The monoisotopic (exact) mass is 462 g/mol. The van der Waals surface area contributed by atoms with Crippen LogP contribution in [0.4, 0.5) is 13.2 Å². The lowest BCUT2D eigenvalue weighted by molar-refractivity contribution is -0.137. The molecule has 0 unspecified atom stereocenters. The van der Waals surface area contributed by atoms with Gasteiger partial charge in [-0.2, -0.15) is 13.2 Å². The summed E-state index contributed by atoms with van der Waals surface area (Å²) in [4.78, 5) is 4.45. The first kappa shape index (κ1) is 23.2. The van der Waals surface area contributed by atoms with Gasteiger partial charge in [0.05, 0.1) is 15.6 Å². The molecule has 0 aliphatic carbocycles. The molecule has 2 aromatic rings. The Bertz CT molecular complexity index is 826. The van der Waals surface area contributed by atoms with E-state index in [-0.39, 0.29) is 6.61 Å². The highest BCUT2D eigenvalue weighted by molar-refractivity contribution is 6.42. The topological polar surface area (TPSA) is 35.9 Å². The van der Waals surface area contributed by atoms with E-state index in [9.17, 15) is 18.3 Å². The zero-order chi connectivity index (χ0) is 21.7. The summed E-state index contributed by atoms with van der Waals surface area (Å²) in [6.07, 6.45) is -5.10. The number of hydrogen-bond acceptors (Lipinski definition) is 4. The Morgan fingerprint density at radius 1 is 0.933 bits per heavy atom. The first-order valence-corrected chi connectivity index (χ1v) is 10.3. The Labute approximate surface area is 183 Å². The molecular weight excluding hydrogens is 440 g/mol. The average Bonchev–Trinajstić information content (AvgIpc) is 2.70. The summed E-state index contributed by atoms with van der Waals surface area (Å²) in [6.45, 7) is 4.57. The standard InChI is InChI=1S/C21H23Cl2F3N2O2/c22-19-6-1-15(11-20(19)23)12-27-7-9-28(10-8-27)13-17(29)14-30-18-4-2-16(3-5-18)21(24,25)26/h1-6,11,17,29H,7-10,12-14H2/t17-/m0/s1. The maximum Gasteiger partial charge on any atom is 0.416 e. The van der Waals surface area contributed by atoms with Gasteiger partial charge in [0.2, 0.25) is 0 Å². The summed E-state index contributed by atoms with van der Waals surface area (Å²) < 4.78 is 43.1. The fourth-order valence-electron chi connectivity index (χ4n) is 3.31. The van der Waals surface area contributed by atoms with Gasteiger partial charge in [0.15, 0.2) is 0 Å². The lowest BCUT2D eigenvalue weighted by Gasteiger charge is -2.35. The summed E-state index contributed by atoms with van der Waals surface area (Å²) in [5.74, 6) is 0.300. The number of nitrogens with zero attached hydrogens (tertiary/aromatic N) is 2. The minimum Gasteiger partial charge on any atom is -0.491 e. The number of aliphatic hydroxyl groups excluding tert-OH is 1. The predicted molar refractivity (Wildman–Crippen MR) is 111 cm³/mol. The summed E-state index contributed by atoms with van der Waals surface area (Å²) in [7, 11) is 0. The van der Waals surface area contributed by atoms with Crippen LogP contribution >= 0.6 is 23.2 Å². The van der Waals surface area contributed by atoms with Crippen molar-refractivity contribution in [2.45, 2.75) is 18.8 Å². The molecule has 1 heterocycles. The van der Waals surface area contributed by atoms with Gasteiger partial charge in [-0.15, -0.1) is 0 Å². The maximum absolute atomic E-state index is 12.6. The third kappa shape index (κ3) is 6.75. The lowest BCUT2D eigenvalue weighted by atomic mass is 10.2. The number of benzene rings is 2. The fourth-order valence-corrected chi connectivity index (χ4v) is 3.63. The van der Waals surface area contributed by atoms with Crippen molar-refractivity contribution in [3.63, 3.8) is 0 Å². The van der Waals surface area contributed by atoms with Crippen molar-refractivity contribution in [3.05, 3.63) is 63.6 Å². The van der Waals surface area contributed by atoms with Crippen LogP contribution in [0.3, 0.4) is 0 Å². The largest absolute Gasteiger partial charge is 0.491 e. The van der Waals surface area contributed by atoms with E-state index < -0.39 is 17.8 Å². The molecule has 0 bridgehead atoms. The molecule has 0 saturated carbocycles. The van der Waals surface area contributed by atoms with E-state index in [1.54, 1.807) is 6.07 Å². The molecule has 9 heteroatoms. The minimum atomic E-state index is -4.37. The molecule has 0 radical (unpaired) electrons. The Morgan fingerprint density at radius 3 is 2.17 bits per heavy atom. The van der Waals surface area contributed by atoms with Crippen molar-refractivity contribution in [1.82, 2.24) is 9.80 Å². The molecular formula is C21H23Cl2F3N2O2. The first-order valence-electron chi connectivity index (χ1n) is 9.57. The van der Waals surface area contributed by atoms with Gasteiger partial charge in [-0.05, 0) is 42.0 Å². The Hall–Kier alpha value is -1.51. The van der Waals surface area contributed by atoms with Crippen LogP contribution in [0, 0.1) is 0 Å². The van der Waals surface area contributed by atoms with Gasteiger partial charge in [-0.3, -0.25) is 9.80 Å². The Kier molecular flexibility index (Phi) is 7.87. The summed E-state index contributed by atoms with van der Waals surface area (Å²) >= 11 is 12.0. The van der Waals surface area contributed by atoms with Crippen LogP contribution in [-0.2, 0) is 12.7 Å². The van der Waals surface area contributed by atoms with E-state index in [0.717, 1.165) is 50.4 Å². The molecule has 1 saturated heterocycles. The smallest absolute Gasteiger partial charge is 0.416 e. The van der Waals surface area contributed by atoms with Crippen LogP contribution < -0.4 is 4.74 Å². The van der Waals surface area contributed by atoms with Crippen molar-refractivity contribution in [2.24, 2.45) is 0 Å². The van der Waals surface area contributed by atoms with Crippen LogP contribution in [0.5, 0.6) is 5.75 Å². The van der Waals surface area contributed by atoms with Crippen molar-refractivity contribution < 1.29 is 23.0 Å². The van der Waals surface area contributed by atoms with Crippen LogP contribution in [0.15, 0.2) is 42.5 Å². The van der Waals surface area contributed by atoms with Gasteiger partial charge >= 0.3 is 6.18 Å². The summed E-state index contributed by atoms with van der Waals surface area (Å²) in [5.41, 5.74) is 0.372. The van der Waals surface area contributed by atoms with E-state index in [1.807, 2.05) is 12.1 Å². The van der Waals surface area contributed by atoms with Crippen molar-refractivity contribution >= 4 is 23.2 Å². The molecule has 1 fully saturated rings. The first-order chi connectivity index (χ1) is 14.2. The number of hydrogen-bond donors (Lipinski definition) is 1. The Morgan fingerprint density at radius 2 is 1.57 bits per heavy atom. The van der Waals surface area contributed by atoms with Crippen LogP contribution in [-0.4, -0.2) is 60.3 Å². The van der Waals surface area contributed by atoms with E-state index in [1.165, 1.54) is 12.1 Å². The second kappa shape index (κ2) is 10.2. The van der Waals surface area contributed by atoms with Gasteiger partial charge in [0, 0.05) is 39.3 Å². The van der Waals surface area contributed by atoms with Crippen LogP contribution in [0.1, 0.15) is 11.1 Å². The van der Waals surface area contributed by atoms with Crippen molar-refractivity contribution in [1.29, 1.82) is 0 Å². The van der Waals surface area contributed by atoms with Gasteiger partial charge in [0.25, 0.3) is 0 Å². The third-order valence-corrected chi connectivity index (χ3v) is 5.69. The van der Waals surface area contributed by atoms with Crippen LogP contribution in [0.2, 0.25) is 10.0 Å². The minimum absolute atomic E-state index is 0.0227. The maximum atomic E-state index is 12.6. The number of alkyl halides is 3. The zero-order valence-electron chi connectivity index (χ0n) is 16.2. The van der Waals surface area contributed by atoms with Crippen molar-refractivity contribution in [2.75, 3.05) is 39.3 Å². The zero-order valence-corrected chi connectivity index (χ0v) is 17.7. The molecule has 4 nitrogen and oxygen atoms in total. The third-order valence-electron chi connectivity index (χ3n) is 4.95. The molecule has 30 heavy (non-hydrogen) atoms. The van der Waals surface area contributed by atoms with Gasteiger partial charge in [-0.25, -0.2) is 0 Å². The quantitative estimate of drug-likeness (QED) is 0.653. The predicted octanol–water partition coefficient (Wildman–Crippen LogP) is 4.57. The average molecular weight is 463 g/mol. The Balaban J connectivity index is 1.38. The summed E-state index contributed by atoms with van der Waals surface area (Å²) in [6, 6.07) is 10.1. The van der Waals surface area contributed by atoms with E-state index in [2.05, 4.69) is 9.80 Å². The SMILES string of the molecule is O[C@H](COc1ccc(C(F)(F)F)cc1)CN1CCN(Cc2ccc(Cl)c(Cl)c2)CC1. The van der Waals surface area contributed by atoms with Crippen molar-refractivity contribution in [3.8, 4) is 5.75 Å². The highest BCUT2D eigenvalue weighted by Gasteiger charge is 2.30. The van der Waals surface area contributed by atoms with Gasteiger partial charge in [0.1, 0.15) is 18.5 Å². The molecule has 3 rings (SSSR count). The normalized spacial score (nSPS) is 17.1. The molecule has 0 spiro atoms. The van der Waals surface area contributed by atoms with E-state index in [4.69, 9.17) is 27.9 Å². The highest BCUT2D eigenvalue weighted by atomic mass is 35.5. The highest BCUT2D eigenvalue weighted by Crippen LogP contribution is 2.30.